The highest BCUT2D eigenvalue weighted by molar-refractivity contribution is 7.80. The number of hydrogen-bond donors (Lipinski definition) is 1. The zero-order valence-electron chi connectivity index (χ0n) is 11.9. The minimum atomic E-state index is 0.507. The van der Waals surface area contributed by atoms with Crippen LogP contribution in [0.2, 0.25) is 0 Å². The number of ether oxygens (including phenoxy) is 1. The molecule has 0 unspecified atom stereocenters. The molecule has 6 heteroatoms. The van der Waals surface area contributed by atoms with E-state index in [0.29, 0.717) is 17.3 Å². The summed E-state index contributed by atoms with van der Waals surface area (Å²) in [7, 11) is 1.60. The van der Waals surface area contributed by atoms with Crippen molar-refractivity contribution in [2.45, 2.75) is 13.0 Å². The summed E-state index contributed by atoms with van der Waals surface area (Å²) in [4.78, 5) is 11.0. The summed E-state index contributed by atoms with van der Waals surface area (Å²) in [5.74, 6) is 0.582. The Morgan fingerprint density at radius 1 is 1.38 bits per heavy atom. The van der Waals surface area contributed by atoms with Crippen LogP contribution in [0, 0.1) is 0 Å². The van der Waals surface area contributed by atoms with Gasteiger partial charge in [-0.05, 0) is 17.7 Å². The second-order valence-corrected chi connectivity index (χ2v) is 5.08. The van der Waals surface area contributed by atoms with Crippen molar-refractivity contribution in [3.8, 4) is 5.88 Å². The Kier molecular flexibility index (Phi) is 5.45. The number of nitrogens with zero attached hydrogens (tertiary/aromatic N) is 3. The van der Waals surface area contributed by atoms with E-state index in [1.807, 2.05) is 30.5 Å². The highest BCUT2D eigenvalue weighted by Crippen LogP contribution is 2.20. The zero-order valence-corrected chi connectivity index (χ0v) is 12.7. The zero-order chi connectivity index (χ0) is 15.1. The first-order chi connectivity index (χ1) is 10.2. The van der Waals surface area contributed by atoms with Gasteiger partial charge in [-0.1, -0.05) is 18.3 Å². The molecule has 21 heavy (non-hydrogen) atoms. The fraction of sp³-hybridized carbons (Fsp3) is 0.267. The Hall–Kier alpha value is -2.21. The lowest BCUT2D eigenvalue weighted by Crippen LogP contribution is -2.27. The molecule has 0 bridgehead atoms. The normalized spacial score (nSPS) is 10.1. The van der Waals surface area contributed by atoms with E-state index in [9.17, 15) is 0 Å². The highest BCUT2D eigenvalue weighted by atomic mass is 32.1. The largest absolute Gasteiger partial charge is 0.481 e. The number of hydrogen-bond acceptors (Lipinski definition) is 5. The molecule has 0 aromatic carbocycles. The predicted octanol–water partition coefficient (Wildman–Crippen LogP) is 2.17. The Balaban J connectivity index is 2.20. The lowest BCUT2D eigenvalue weighted by atomic mass is 10.2. The lowest BCUT2D eigenvalue weighted by molar-refractivity contribution is 0.398. The van der Waals surface area contributed by atoms with E-state index < -0.39 is 0 Å². The second-order valence-electron chi connectivity index (χ2n) is 4.56. The average Bonchev–Trinajstić information content (AvgIpc) is 2.52. The SMILES string of the molecule is COc1cc(N(CCC(N)=S)Cc2cccnc2)ccn1. The smallest absolute Gasteiger partial charge is 0.214 e. The molecule has 0 aliphatic carbocycles. The van der Waals surface area contributed by atoms with Crippen molar-refractivity contribution in [1.29, 1.82) is 0 Å². The predicted molar refractivity (Wildman–Crippen MR) is 87.5 cm³/mol. The summed E-state index contributed by atoms with van der Waals surface area (Å²) in [6.45, 7) is 1.46. The number of pyridine rings is 2. The van der Waals surface area contributed by atoms with Crippen LogP contribution < -0.4 is 15.4 Å². The van der Waals surface area contributed by atoms with Crippen molar-refractivity contribution in [3.05, 3.63) is 48.4 Å². The third kappa shape index (κ3) is 4.68. The van der Waals surface area contributed by atoms with Crippen LogP contribution in [0.25, 0.3) is 0 Å². The van der Waals surface area contributed by atoms with Gasteiger partial charge in [-0.2, -0.15) is 0 Å². The molecule has 2 heterocycles. The molecule has 0 saturated heterocycles. The minimum absolute atomic E-state index is 0.507. The van der Waals surface area contributed by atoms with Crippen LogP contribution in [0.15, 0.2) is 42.9 Å². The standard InChI is InChI=1S/C15H18N4OS/c1-20-15-9-13(4-7-18-15)19(8-5-14(16)21)11-12-3-2-6-17-10-12/h2-4,6-7,9-10H,5,8,11H2,1H3,(H2,16,21). The van der Waals surface area contributed by atoms with E-state index in [2.05, 4.69) is 14.9 Å². The maximum absolute atomic E-state index is 5.62. The van der Waals surface area contributed by atoms with E-state index in [-0.39, 0.29) is 0 Å². The van der Waals surface area contributed by atoms with E-state index in [1.165, 1.54) is 0 Å². The topological polar surface area (TPSA) is 64.3 Å². The maximum Gasteiger partial charge on any atom is 0.214 e. The second kappa shape index (κ2) is 7.54. The van der Waals surface area contributed by atoms with E-state index >= 15 is 0 Å². The van der Waals surface area contributed by atoms with Gasteiger partial charge in [0.1, 0.15) is 0 Å². The number of nitrogens with two attached hydrogens (primary N) is 1. The van der Waals surface area contributed by atoms with Crippen molar-refractivity contribution in [1.82, 2.24) is 9.97 Å². The molecule has 0 spiro atoms. The van der Waals surface area contributed by atoms with E-state index in [0.717, 1.165) is 24.3 Å². The first-order valence-corrected chi connectivity index (χ1v) is 7.02. The van der Waals surface area contributed by atoms with Crippen LogP contribution in [-0.4, -0.2) is 28.6 Å². The van der Waals surface area contributed by atoms with Gasteiger partial charge in [-0.25, -0.2) is 4.98 Å². The summed E-state index contributed by atoms with van der Waals surface area (Å²) in [6.07, 6.45) is 6.00. The molecule has 2 aromatic heterocycles. The van der Waals surface area contributed by atoms with Crippen LogP contribution in [0.1, 0.15) is 12.0 Å². The Morgan fingerprint density at radius 3 is 2.90 bits per heavy atom. The number of aromatic nitrogens is 2. The number of methoxy groups -OCH3 is 1. The van der Waals surface area contributed by atoms with Gasteiger partial charge < -0.3 is 15.4 Å². The molecule has 110 valence electrons. The first kappa shape index (κ1) is 15.2. The monoisotopic (exact) mass is 302 g/mol. The molecule has 0 radical (unpaired) electrons. The van der Waals surface area contributed by atoms with Gasteiger partial charge in [-0.15, -0.1) is 0 Å². The summed E-state index contributed by atoms with van der Waals surface area (Å²) >= 11 is 4.98. The van der Waals surface area contributed by atoms with Crippen molar-refractivity contribution in [3.63, 3.8) is 0 Å². The molecule has 0 amide bonds. The van der Waals surface area contributed by atoms with Crippen molar-refractivity contribution >= 4 is 22.9 Å². The molecular weight excluding hydrogens is 284 g/mol. The Labute approximate surface area is 129 Å². The van der Waals surface area contributed by atoms with Gasteiger partial charge in [0.05, 0.1) is 12.1 Å². The molecule has 2 aromatic rings. The molecule has 2 N–H and O–H groups in total. The van der Waals surface area contributed by atoms with Gasteiger partial charge in [0.25, 0.3) is 0 Å². The molecular formula is C15H18N4OS. The van der Waals surface area contributed by atoms with Gasteiger partial charge in [0, 0.05) is 49.9 Å². The van der Waals surface area contributed by atoms with Crippen LogP contribution >= 0.6 is 12.2 Å². The van der Waals surface area contributed by atoms with Crippen LogP contribution in [0.3, 0.4) is 0 Å². The van der Waals surface area contributed by atoms with Gasteiger partial charge in [-0.3, -0.25) is 4.98 Å². The molecule has 0 aliphatic rings. The molecule has 0 fully saturated rings. The molecule has 0 saturated carbocycles. The molecule has 5 nitrogen and oxygen atoms in total. The number of anilines is 1. The fourth-order valence-electron chi connectivity index (χ4n) is 1.96. The van der Waals surface area contributed by atoms with Crippen LogP contribution in [0.4, 0.5) is 5.69 Å². The first-order valence-electron chi connectivity index (χ1n) is 6.61. The summed E-state index contributed by atoms with van der Waals surface area (Å²) in [6, 6.07) is 7.81. The summed E-state index contributed by atoms with van der Waals surface area (Å²) < 4.78 is 5.18. The summed E-state index contributed by atoms with van der Waals surface area (Å²) in [5.41, 5.74) is 7.76. The lowest BCUT2D eigenvalue weighted by Gasteiger charge is -2.25. The van der Waals surface area contributed by atoms with Gasteiger partial charge in [0.15, 0.2) is 0 Å². The Bertz CT molecular complexity index is 591. The van der Waals surface area contributed by atoms with E-state index in [4.69, 9.17) is 22.7 Å². The molecule has 0 aliphatic heterocycles. The minimum Gasteiger partial charge on any atom is -0.481 e. The number of thiocarbonyl (C=S) groups is 1. The van der Waals surface area contributed by atoms with Crippen LogP contribution in [0.5, 0.6) is 5.88 Å². The van der Waals surface area contributed by atoms with Crippen LogP contribution in [-0.2, 0) is 6.54 Å². The van der Waals surface area contributed by atoms with Crippen molar-refractivity contribution in [2.24, 2.45) is 5.73 Å². The fourth-order valence-corrected chi connectivity index (χ4v) is 2.06. The third-order valence-electron chi connectivity index (χ3n) is 3.02. The summed E-state index contributed by atoms with van der Waals surface area (Å²) in [5, 5.41) is 0. The highest BCUT2D eigenvalue weighted by Gasteiger charge is 2.09. The average molecular weight is 302 g/mol. The maximum atomic E-state index is 5.62. The van der Waals surface area contributed by atoms with E-state index in [1.54, 1.807) is 19.5 Å². The van der Waals surface area contributed by atoms with Gasteiger partial charge >= 0.3 is 0 Å². The Morgan fingerprint density at radius 2 is 2.24 bits per heavy atom. The van der Waals surface area contributed by atoms with Crippen molar-refractivity contribution in [2.75, 3.05) is 18.6 Å². The molecule has 0 atom stereocenters. The van der Waals surface area contributed by atoms with Gasteiger partial charge in [0.2, 0.25) is 5.88 Å². The molecule has 2 rings (SSSR count). The number of rotatable bonds is 7. The quantitative estimate of drug-likeness (QED) is 0.791. The third-order valence-corrected chi connectivity index (χ3v) is 3.22. The van der Waals surface area contributed by atoms with Crippen molar-refractivity contribution < 1.29 is 4.74 Å².